The van der Waals surface area contributed by atoms with Gasteiger partial charge in [-0.05, 0) is 70.9 Å². The van der Waals surface area contributed by atoms with Gasteiger partial charge in [-0.3, -0.25) is 9.78 Å². The monoisotopic (exact) mass is 496 g/mol. The van der Waals surface area contributed by atoms with Gasteiger partial charge in [0.15, 0.2) is 0 Å². The number of hydrogen-bond donors (Lipinski definition) is 2. The van der Waals surface area contributed by atoms with Crippen LogP contribution in [0.1, 0.15) is 16.1 Å². The van der Waals surface area contributed by atoms with Crippen LogP contribution >= 0.6 is 27.5 Å². The van der Waals surface area contributed by atoms with Crippen LogP contribution in [-0.2, 0) is 0 Å². The molecule has 0 aliphatic rings. The van der Waals surface area contributed by atoms with Crippen molar-refractivity contribution in [2.45, 2.75) is 6.92 Å². The first-order valence-corrected chi connectivity index (χ1v) is 10.6. The third-order valence-corrected chi connectivity index (χ3v) is 5.80. The maximum Gasteiger partial charge on any atom is 0.269 e. The molecule has 0 radical (unpaired) electrons. The number of nitrogens with one attached hydrogen (secondary N) is 2. The van der Waals surface area contributed by atoms with Gasteiger partial charge in [-0.1, -0.05) is 11.6 Å². The zero-order chi connectivity index (χ0) is 22.0. The molecule has 0 aliphatic heterocycles. The molecule has 0 spiro atoms. The van der Waals surface area contributed by atoms with Crippen LogP contribution in [0, 0.1) is 6.92 Å². The van der Waals surface area contributed by atoms with Crippen molar-refractivity contribution in [1.82, 2.24) is 15.3 Å². The normalized spacial score (nSPS) is 10.7. The van der Waals surface area contributed by atoms with Crippen molar-refractivity contribution in [3.05, 3.63) is 81.5 Å². The Morgan fingerprint density at radius 1 is 1.06 bits per heavy atom. The maximum absolute atomic E-state index is 11.8. The highest BCUT2D eigenvalue weighted by Gasteiger charge is 2.09. The molecule has 1 amide bonds. The summed E-state index contributed by atoms with van der Waals surface area (Å²) in [7, 11) is 1.56. The Labute approximate surface area is 192 Å². The Hall–Kier alpha value is -3.16. The molecule has 0 atom stereocenters. The fourth-order valence-electron chi connectivity index (χ4n) is 3.02. The number of fused-ring (bicyclic) bond motifs is 1. The van der Waals surface area contributed by atoms with E-state index in [1.165, 1.54) is 6.20 Å². The second-order valence-electron chi connectivity index (χ2n) is 6.82. The van der Waals surface area contributed by atoms with E-state index in [1.807, 2.05) is 43.3 Å². The minimum absolute atomic E-state index is 0.273. The Balaban J connectivity index is 1.63. The molecule has 0 saturated carbocycles. The molecule has 31 heavy (non-hydrogen) atoms. The zero-order valence-electron chi connectivity index (χ0n) is 16.7. The lowest BCUT2D eigenvalue weighted by atomic mass is 10.1. The first kappa shape index (κ1) is 21.1. The van der Waals surface area contributed by atoms with Gasteiger partial charge in [0.2, 0.25) is 0 Å². The summed E-state index contributed by atoms with van der Waals surface area (Å²) in [6.07, 6.45) is 1.54. The van der Waals surface area contributed by atoms with Gasteiger partial charge >= 0.3 is 0 Å². The lowest BCUT2D eigenvalue weighted by Crippen LogP contribution is -2.18. The molecule has 2 heterocycles. The Bertz CT molecular complexity index is 1300. The molecule has 0 aliphatic carbocycles. The van der Waals surface area contributed by atoms with Gasteiger partial charge in [-0.25, -0.2) is 4.98 Å². The van der Waals surface area contributed by atoms with Crippen molar-refractivity contribution in [3.8, 4) is 11.5 Å². The van der Waals surface area contributed by atoms with Crippen LogP contribution in [-0.4, -0.2) is 22.9 Å². The molecule has 2 aromatic carbocycles. The average molecular weight is 498 g/mol. The summed E-state index contributed by atoms with van der Waals surface area (Å²) in [5, 5.41) is 7.52. The van der Waals surface area contributed by atoms with Gasteiger partial charge in [0.05, 0.1) is 10.5 Å². The van der Waals surface area contributed by atoms with Crippen molar-refractivity contribution in [2.24, 2.45) is 0 Å². The van der Waals surface area contributed by atoms with Gasteiger partial charge < -0.3 is 15.4 Å². The second-order valence-corrected chi connectivity index (χ2v) is 8.08. The molecule has 4 aromatic rings. The summed E-state index contributed by atoms with van der Waals surface area (Å²) in [5.41, 5.74) is 2.95. The van der Waals surface area contributed by atoms with Crippen molar-refractivity contribution < 1.29 is 9.53 Å². The third kappa shape index (κ3) is 4.78. The summed E-state index contributed by atoms with van der Waals surface area (Å²) in [6.45, 7) is 2.00. The molecule has 156 valence electrons. The highest BCUT2D eigenvalue weighted by atomic mass is 79.9. The molecular weight excluding hydrogens is 480 g/mol. The van der Waals surface area contributed by atoms with Crippen LogP contribution in [0.3, 0.4) is 0 Å². The van der Waals surface area contributed by atoms with E-state index in [0.717, 1.165) is 32.4 Å². The third-order valence-electron chi connectivity index (χ3n) is 4.59. The highest BCUT2D eigenvalue weighted by Crippen LogP contribution is 2.30. The average Bonchev–Trinajstić information content (AvgIpc) is 2.76. The van der Waals surface area contributed by atoms with E-state index in [9.17, 15) is 4.79 Å². The maximum atomic E-state index is 11.8. The SMILES string of the molecule is CNC(=O)c1cc(Oc2ccc3cc(C)c(Nc4ccc(Cl)c(Br)c4)nc3c2)ccn1. The van der Waals surface area contributed by atoms with Gasteiger partial charge in [0.25, 0.3) is 5.91 Å². The number of ether oxygens (including phenoxy) is 1. The highest BCUT2D eigenvalue weighted by molar-refractivity contribution is 9.10. The van der Waals surface area contributed by atoms with Crippen molar-refractivity contribution in [3.63, 3.8) is 0 Å². The zero-order valence-corrected chi connectivity index (χ0v) is 19.1. The fraction of sp³-hybridized carbons (Fsp3) is 0.0870. The van der Waals surface area contributed by atoms with Crippen LogP contribution < -0.4 is 15.4 Å². The first-order chi connectivity index (χ1) is 14.9. The van der Waals surface area contributed by atoms with Gasteiger partial charge in [0.1, 0.15) is 23.0 Å². The predicted molar refractivity (Wildman–Crippen MR) is 127 cm³/mol. The van der Waals surface area contributed by atoms with Crippen LogP contribution in [0.15, 0.2) is 65.3 Å². The number of amides is 1. The predicted octanol–water partition coefficient (Wildman–Crippen LogP) is 6.25. The number of aromatic nitrogens is 2. The molecular formula is C23H18BrClN4O2. The first-order valence-electron chi connectivity index (χ1n) is 9.42. The number of hydrogen-bond acceptors (Lipinski definition) is 5. The van der Waals surface area contributed by atoms with Gasteiger partial charge in [0, 0.05) is 40.9 Å². The number of pyridine rings is 2. The largest absolute Gasteiger partial charge is 0.457 e. The number of benzene rings is 2. The summed E-state index contributed by atoms with van der Waals surface area (Å²) in [5.74, 6) is 1.60. The smallest absolute Gasteiger partial charge is 0.269 e. The molecule has 2 N–H and O–H groups in total. The van der Waals surface area contributed by atoms with Crippen LogP contribution in [0.25, 0.3) is 10.9 Å². The number of halogens is 2. The van der Waals surface area contributed by atoms with Crippen molar-refractivity contribution in [2.75, 3.05) is 12.4 Å². The number of anilines is 2. The molecule has 0 fully saturated rings. The summed E-state index contributed by atoms with van der Waals surface area (Å²) >= 11 is 9.52. The van der Waals surface area contributed by atoms with E-state index in [4.69, 9.17) is 21.3 Å². The van der Waals surface area contributed by atoms with Gasteiger partial charge in [-0.15, -0.1) is 0 Å². The molecule has 8 heteroatoms. The molecule has 2 aromatic heterocycles. The second kappa shape index (κ2) is 8.91. The number of rotatable bonds is 5. The van der Waals surface area contributed by atoms with Crippen molar-refractivity contribution >= 4 is 55.8 Å². The number of carbonyl (C=O) groups excluding carboxylic acids is 1. The number of nitrogens with zero attached hydrogens (tertiary/aromatic N) is 2. The van der Waals surface area contributed by atoms with E-state index in [-0.39, 0.29) is 11.6 Å². The standard InChI is InChI=1S/C23H18BrClN4O2/c1-13-9-14-3-5-16(31-17-7-8-27-21(12-17)23(30)26-2)11-20(14)29-22(13)28-15-4-6-19(25)18(24)10-15/h3-12H,1-2H3,(H,26,30)(H,28,29). The minimum Gasteiger partial charge on any atom is -0.457 e. The summed E-state index contributed by atoms with van der Waals surface area (Å²) in [4.78, 5) is 20.6. The van der Waals surface area contributed by atoms with Crippen molar-refractivity contribution in [1.29, 1.82) is 0 Å². The molecule has 0 unspecified atom stereocenters. The van der Waals surface area contributed by atoms with E-state index in [0.29, 0.717) is 16.5 Å². The van der Waals surface area contributed by atoms with Crippen LogP contribution in [0.5, 0.6) is 11.5 Å². The fourth-order valence-corrected chi connectivity index (χ4v) is 3.51. The van der Waals surface area contributed by atoms with E-state index in [1.54, 1.807) is 19.2 Å². The minimum atomic E-state index is -0.273. The lowest BCUT2D eigenvalue weighted by molar-refractivity contribution is 0.0958. The quantitative estimate of drug-likeness (QED) is 0.341. The summed E-state index contributed by atoms with van der Waals surface area (Å²) < 4.78 is 6.75. The van der Waals surface area contributed by atoms with Gasteiger partial charge in [-0.2, -0.15) is 0 Å². The number of carbonyl (C=O) groups is 1. The Morgan fingerprint density at radius 2 is 1.87 bits per heavy atom. The van der Waals surface area contributed by atoms with Crippen LogP contribution in [0.2, 0.25) is 5.02 Å². The molecule has 0 bridgehead atoms. The van der Waals surface area contributed by atoms with Crippen LogP contribution in [0.4, 0.5) is 11.5 Å². The van der Waals surface area contributed by atoms with E-state index >= 15 is 0 Å². The molecule has 0 saturated heterocycles. The Morgan fingerprint density at radius 3 is 2.65 bits per heavy atom. The number of aryl methyl sites for hydroxylation is 1. The lowest BCUT2D eigenvalue weighted by Gasteiger charge is -2.12. The topological polar surface area (TPSA) is 76.1 Å². The van der Waals surface area contributed by atoms with E-state index in [2.05, 4.69) is 37.6 Å². The Kier molecular flexibility index (Phi) is 6.06. The van der Waals surface area contributed by atoms with E-state index < -0.39 is 0 Å². The molecule has 4 rings (SSSR count). The molecule has 6 nitrogen and oxygen atoms in total. The summed E-state index contributed by atoms with van der Waals surface area (Å²) in [6, 6.07) is 16.7.